The number of fused-ring (bicyclic) bond motifs is 2. The molecule has 5 nitrogen and oxygen atoms in total. The average Bonchev–Trinajstić information content (AvgIpc) is 2.71. The fraction of sp³-hybridized carbons (Fsp3) is 0.909. The molecule has 3 atom stereocenters. The van der Waals surface area contributed by atoms with Gasteiger partial charge in [-0.3, -0.25) is 4.79 Å². The highest BCUT2D eigenvalue weighted by atomic mass is 32.2. The van der Waals surface area contributed by atoms with Crippen LogP contribution in [0, 0.1) is 11.8 Å². The maximum absolute atomic E-state index is 12.2. The van der Waals surface area contributed by atoms with Gasteiger partial charge in [0.2, 0.25) is 10.0 Å². The Morgan fingerprint density at radius 2 is 2.06 bits per heavy atom. The minimum atomic E-state index is -3.29. The topological polar surface area (TPSA) is 74.7 Å². The second kappa shape index (κ2) is 4.24. The summed E-state index contributed by atoms with van der Waals surface area (Å²) in [6.45, 7) is 3.73. The highest BCUT2D eigenvalue weighted by Gasteiger charge is 2.53. The molecule has 6 heteroatoms. The minimum absolute atomic E-state index is 0.0725. The van der Waals surface area contributed by atoms with E-state index in [1.807, 2.05) is 13.8 Å². The van der Waals surface area contributed by atoms with Gasteiger partial charge in [0.15, 0.2) is 0 Å². The van der Waals surface area contributed by atoms with Crippen LogP contribution >= 0.6 is 0 Å². The van der Waals surface area contributed by atoms with Crippen LogP contribution in [0.4, 0.5) is 0 Å². The van der Waals surface area contributed by atoms with E-state index in [4.69, 9.17) is 5.11 Å². The number of sulfonamides is 1. The zero-order valence-electron chi connectivity index (χ0n) is 10.2. The van der Waals surface area contributed by atoms with E-state index in [9.17, 15) is 13.2 Å². The molecular weight excluding hydrogens is 242 g/mol. The molecule has 0 aromatic heterocycles. The van der Waals surface area contributed by atoms with Gasteiger partial charge in [0.25, 0.3) is 0 Å². The number of hydrogen-bond donors (Lipinski definition) is 1. The van der Waals surface area contributed by atoms with Gasteiger partial charge in [-0.2, -0.15) is 4.31 Å². The first-order chi connectivity index (χ1) is 7.83. The van der Waals surface area contributed by atoms with Gasteiger partial charge < -0.3 is 5.11 Å². The molecule has 3 unspecified atom stereocenters. The van der Waals surface area contributed by atoms with E-state index < -0.39 is 21.9 Å². The van der Waals surface area contributed by atoms with E-state index >= 15 is 0 Å². The lowest BCUT2D eigenvalue weighted by Crippen LogP contribution is -2.40. The third kappa shape index (κ3) is 2.20. The largest absolute Gasteiger partial charge is 0.481 e. The zero-order valence-corrected chi connectivity index (χ0v) is 11.0. The number of hydrogen-bond acceptors (Lipinski definition) is 3. The van der Waals surface area contributed by atoms with Crippen molar-refractivity contribution in [1.29, 1.82) is 0 Å². The molecule has 2 aliphatic rings. The van der Waals surface area contributed by atoms with Gasteiger partial charge in [0.1, 0.15) is 0 Å². The molecule has 98 valence electrons. The second-order valence-electron chi connectivity index (χ2n) is 5.48. The molecule has 2 bridgehead atoms. The Balaban J connectivity index is 2.21. The van der Waals surface area contributed by atoms with Crippen LogP contribution in [0.15, 0.2) is 0 Å². The highest BCUT2D eigenvalue weighted by Crippen LogP contribution is 2.43. The molecule has 2 heterocycles. The summed E-state index contributed by atoms with van der Waals surface area (Å²) in [5.41, 5.74) is 0. The number of rotatable bonds is 4. The van der Waals surface area contributed by atoms with Crippen LogP contribution in [0.1, 0.15) is 33.1 Å². The Morgan fingerprint density at radius 3 is 2.53 bits per heavy atom. The number of nitrogens with zero attached hydrogens (tertiary/aromatic N) is 1. The lowest BCUT2D eigenvalue weighted by molar-refractivity contribution is -0.142. The molecule has 2 saturated heterocycles. The third-order valence-corrected chi connectivity index (χ3v) is 5.95. The van der Waals surface area contributed by atoms with E-state index in [1.54, 1.807) is 0 Å². The second-order valence-corrected chi connectivity index (χ2v) is 7.40. The lowest BCUT2D eigenvalue weighted by Gasteiger charge is -2.23. The number of carboxylic acid groups (broad SMARTS) is 1. The van der Waals surface area contributed by atoms with Crippen LogP contribution in [-0.4, -0.2) is 41.6 Å². The maximum atomic E-state index is 12.2. The standard InChI is InChI=1S/C11H19NO4S/c1-7(2)6-17(15,16)12-8-3-4-10(12)9(5-8)11(13)14/h7-10H,3-6H2,1-2H3,(H,13,14). The smallest absolute Gasteiger partial charge is 0.308 e. The summed E-state index contributed by atoms with van der Waals surface area (Å²) in [5, 5.41) is 9.08. The van der Waals surface area contributed by atoms with Crippen LogP contribution in [-0.2, 0) is 14.8 Å². The quantitative estimate of drug-likeness (QED) is 0.816. The molecule has 1 N–H and O–H groups in total. The van der Waals surface area contributed by atoms with Crippen molar-refractivity contribution < 1.29 is 18.3 Å². The molecule has 0 radical (unpaired) electrons. The first-order valence-corrected chi connectivity index (χ1v) is 7.68. The normalized spacial score (nSPS) is 33.5. The van der Waals surface area contributed by atoms with Crippen LogP contribution in [0.25, 0.3) is 0 Å². The number of carboxylic acids is 1. The van der Waals surface area contributed by atoms with Crippen LogP contribution < -0.4 is 0 Å². The predicted octanol–water partition coefficient (Wildman–Crippen LogP) is 0.910. The van der Waals surface area contributed by atoms with Crippen LogP contribution in [0.3, 0.4) is 0 Å². The number of carbonyl (C=O) groups is 1. The van der Waals surface area contributed by atoms with E-state index in [2.05, 4.69) is 0 Å². The summed E-state index contributed by atoms with van der Waals surface area (Å²) in [7, 11) is -3.29. The Hall–Kier alpha value is -0.620. The minimum Gasteiger partial charge on any atom is -0.481 e. The fourth-order valence-corrected chi connectivity index (χ4v) is 5.47. The Bertz CT molecular complexity index is 417. The Morgan fingerprint density at radius 1 is 1.41 bits per heavy atom. The van der Waals surface area contributed by atoms with Gasteiger partial charge in [-0.05, 0) is 25.2 Å². The van der Waals surface area contributed by atoms with Gasteiger partial charge in [-0.25, -0.2) is 8.42 Å². The fourth-order valence-electron chi connectivity index (χ4n) is 3.15. The summed E-state index contributed by atoms with van der Waals surface area (Å²) in [6.07, 6.45) is 1.99. The SMILES string of the molecule is CC(C)CS(=O)(=O)N1C2CCC1C(C(=O)O)C2. The molecule has 17 heavy (non-hydrogen) atoms. The first kappa shape index (κ1) is 12.8. The molecule has 2 rings (SSSR count). The maximum Gasteiger partial charge on any atom is 0.308 e. The van der Waals surface area contributed by atoms with E-state index in [0.29, 0.717) is 12.8 Å². The molecule has 0 spiro atoms. The molecule has 2 aliphatic heterocycles. The summed E-state index contributed by atoms with van der Waals surface area (Å²) < 4.78 is 25.9. The predicted molar refractivity (Wildman–Crippen MR) is 63.0 cm³/mol. The van der Waals surface area contributed by atoms with Crippen molar-refractivity contribution in [3.63, 3.8) is 0 Å². The van der Waals surface area contributed by atoms with E-state index in [-0.39, 0.29) is 23.8 Å². The van der Waals surface area contributed by atoms with Crippen molar-refractivity contribution in [2.45, 2.75) is 45.2 Å². The van der Waals surface area contributed by atoms with E-state index in [1.165, 1.54) is 4.31 Å². The molecule has 0 aliphatic carbocycles. The van der Waals surface area contributed by atoms with Crippen molar-refractivity contribution in [3.05, 3.63) is 0 Å². The van der Waals surface area contributed by atoms with Gasteiger partial charge in [0.05, 0.1) is 11.7 Å². The van der Waals surface area contributed by atoms with Gasteiger partial charge in [-0.15, -0.1) is 0 Å². The number of aliphatic carboxylic acids is 1. The first-order valence-electron chi connectivity index (χ1n) is 6.07. The van der Waals surface area contributed by atoms with Gasteiger partial charge >= 0.3 is 5.97 Å². The summed E-state index contributed by atoms with van der Waals surface area (Å²) in [4.78, 5) is 11.1. The van der Waals surface area contributed by atoms with Crippen molar-refractivity contribution in [2.24, 2.45) is 11.8 Å². The van der Waals surface area contributed by atoms with Crippen LogP contribution in [0.5, 0.6) is 0 Å². The van der Waals surface area contributed by atoms with Crippen molar-refractivity contribution in [2.75, 3.05) is 5.75 Å². The summed E-state index contributed by atoms with van der Waals surface area (Å²) >= 11 is 0. The molecule has 0 aromatic carbocycles. The van der Waals surface area contributed by atoms with Gasteiger partial charge in [-0.1, -0.05) is 13.8 Å². The lowest BCUT2D eigenvalue weighted by atomic mass is 9.89. The molecule has 0 amide bonds. The molecular formula is C11H19NO4S. The highest BCUT2D eigenvalue weighted by molar-refractivity contribution is 7.89. The molecule has 0 aromatic rings. The van der Waals surface area contributed by atoms with Crippen LogP contribution in [0.2, 0.25) is 0 Å². The molecule has 2 fully saturated rings. The average molecular weight is 261 g/mol. The Labute approximate surface area is 102 Å². The summed E-state index contributed by atoms with van der Waals surface area (Å²) in [5.74, 6) is -1.17. The van der Waals surface area contributed by atoms with Gasteiger partial charge in [0, 0.05) is 12.1 Å². The van der Waals surface area contributed by atoms with Crippen molar-refractivity contribution >= 4 is 16.0 Å². The zero-order chi connectivity index (χ0) is 12.8. The molecule has 0 saturated carbocycles. The van der Waals surface area contributed by atoms with Crippen molar-refractivity contribution in [1.82, 2.24) is 4.31 Å². The van der Waals surface area contributed by atoms with E-state index in [0.717, 1.165) is 6.42 Å². The Kier molecular flexibility index (Phi) is 3.20. The summed E-state index contributed by atoms with van der Waals surface area (Å²) in [6, 6.07) is -0.383. The van der Waals surface area contributed by atoms with Crippen molar-refractivity contribution in [3.8, 4) is 0 Å². The third-order valence-electron chi connectivity index (χ3n) is 3.66. The monoisotopic (exact) mass is 261 g/mol.